The Balaban J connectivity index is 1.63. The van der Waals surface area contributed by atoms with Crippen molar-refractivity contribution in [3.8, 4) is 0 Å². The highest BCUT2D eigenvalue weighted by Gasteiger charge is 2.13. The molecule has 18 heavy (non-hydrogen) atoms. The number of hydrogen-bond donors (Lipinski definition) is 2. The van der Waals surface area contributed by atoms with Crippen molar-refractivity contribution in [3.05, 3.63) is 35.9 Å². The molecule has 1 aliphatic rings. The average Bonchev–Trinajstić information content (AvgIpc) is 2.45. The fourth-order valence-corrected chi connectivity index (χ4v) is 1.73. The molecule has 5 nitrogen and oxygen atoms in total. The molecule has 1 aromatic carbocycles. The van der Waals surface area contributed by atoms with Gasteiger partial charge in [0.15, 0.2) is 0 Å². The number of alkyl carbamates (subject to hydrolysis) is 1. The Labute approximate surface area is 106 Å². The lowest BCUT2D eigenvalue weighted by atomic mass is 10.2. The van der Waals surface area contributed by atoms with E-state index in [1.807, 2.05) is 30.3 Å². The van der Waals surface area contributed by atoms with Gasteiger partial charge in [0.1, 0.15) is 6.61 Å². The lowest BCUT2D eigenvalue weighted by Crippen LogP contribution is -2.48. The number of benzene rings is 1. The lowest BCUT2D eigenvalue weighted by Gasteiger charge is -2.23. The maximum absolute atomic E-state index is 11.5. The smallest absolute Gasteiger partial charge is 0.407 e. The van der Waals surface area contributed by atoms with Crippen molar-refractivity contribution in [1.82, 2.24) is 10.6 Å². The Kier molecular flexibility index (Phi) is 4.99. The molecule has 0 unspecified atom stereocenters. The molecule has 1 heterocycles. The second-order valence-electron chi connectivity index (χ2n) is 4.17. The number of nitrogens with one attached hydrogen (secondary N) is 2. The van der Waals surface area contributed by atoms with Crippen molar-refractivity contribution < 1.29 is 14.3 Å². The van der Waals surface area contributed by atoms with Crippen LogP contribution < -0.4 is 10.6 Å². The summed E-state index contributed by atoms with van der Waals surface area (Å²) in [4.78, 5) is 11.5. The van der Waals surface area contributed by atoms with E-state index in [1.54, 1.807) is 0 Å². The van der Waals surface area contributed by atoms with Crippen molar-refractivity contribution in [2.45, 2.75) is 12.6 Å². The van der Waals surface area contributed by atoms with Gasteiger partial charge >= 0.3 is 6.09 Å². The lowest BCUT2D eigenvalue weighted by molar-refractivity contribution is 0.0749. The van der Waals surface area contributed by atoms with E-state index in [0.29, 0.717) is 19.8 Å². The molecule has 1 aromatic rings. The molecule has 0 saturated carbocycles. The van der Waals surface area contributed by atoms with Crippen LogP contribution in [0.3, 0.4) is 0 Å². The van der Waals surface area contributed by atoms with Crippen LogP contribution in [0, 0.1) is 0 Å². The van der Waals surface area contributed by atoms with Crippen LogP contribution >= 0.6 is 0 Å². The van der Waals surface area contributed by atoms with E-state index in [9.17, 15) is 4.79 Å². The molecular formula is C13H18N2O3. The number of ether oxygens (including phenoxy) is 2. The molecule has 0 radical (unpaired) electrons. The number of rotatable bonds is 4. The molecule has 0 bridgehead atoms. The molecule has 0 aromatic heterocycles. The number of carbonyl (C=O) groups is 1. The maximum atomic E-state index is 11.5. The molecule has 1 amide bonds. The summed E-state index contributed by atoms with van der Waals surface area (Å²) in [7, 11) is 0. The summed E-state index contributed by atoms with van der Waals surface area (Å²) in [5, 5.41) is 5.97. The van der Waals surface area contributed by atoms with Gasteiger partial charge in [0.05, 0.1) is 13.2 Å². The summed E-state index contributed by atoms with van der Waals surface area (Å²) in [6.45, 7) is 2.99. The van der Waals surface area contributed by atoms with Crippen LogP contribution in [0.4, 0.5) is 4.79 Å². The number of amides is 1. The second-order valence-corrected chi connectivity index (χ2v) is 4.17. The fourth-order valence-electron chi connectivity index (χ4n) is 1.73. The Morgan fingerprint density at radius 3 is 3.00 bits per heavy atom. The first-order valence-electron chi connectivity index (χ1n) is 6.10. The Morgan fingerprint density at radius 2 is 2.28 bits per heavy atom. The zero-order chi connectivity index (χ0) is 12.6. The predicted octanol–water partition coefficient (Wildman–Crippen LogP) is 0.901. The second kappa shape index (κ2) is 6.98. The van der Waals surface area contributed by atoms with Crippen molar-refractivity contribution in [2.75, 3.05) is 26.3 Å². The third kappa shape index (κ3) is 4.35. The van der Waals surface area contributed by atoms with Gasteiger partial charge in [-0.3, -0.25) is 0 Å². The van der Waals surface area contributed by atoms with Crippen molar-refractivity contribution in [1.29, 1.82) is 0 Å². The molecule has 1 saturated heterocycles. The third-order valence-corrected chi connectivity index (χ3v) is 2.70. The number of morpholine rings is 1. The molecule has 0 aliphatic carbocycles. The molecule has 2 N–H and O–H groups in total. The summed E-state index contributed by atoms with van der Waals surface area (Å²) < 4.78 is 10.4. The third-order valence-electron chi connectivity index (χ3n) is 2.70. The molecular weight excluding hydrogens is 232 g/mol. The standard InChI is InChI=1S/C13H18N2O3/c16-13(15-8-12-10-17-7-6-14-12)18-9-11-4-2-1-3-5-11/h1-5,12,14H,6-10H2,(H,15,16)/t12-/m1/s1. The normalized spacial score (nSPS) is 19.2. The van der Waals surface area contributed by atoms with E-state index in [4.69, 9.17) is 9.47 Å². The van der Waals surface area contributed by atoms with Crippen molar-refractivity contribution in [3.63, 3.8) is 0 Å². The largest absolute Gasteiger partial charge is 0.445 e. The van der Waals surface area contributed by atoms with Gasteiger partial charge in [0, 0.05) is 19.1 Å². The highest BCUT2D eigenvalue weighted by molar-refractivity contribution is 5.67. The molecule has 98 valence electrons. The van der Waals surface area contributed by atoms with Crippen LogP contribution in [-0.2, 0) is 16.1 Å². The summed E-state index contributed by atoms with van der Waals surface area (Å²) in [6.07, 6.45) is -0.397. The Hall–Kier alpha value is -1.59. The summed E-state index contributed by atoms with van der Waals surface area (Å²) in [5.41, 5.74) is 0.978. The van der Waals surface area contributed by atoms with Crippen molar-refractivity contribution in [2.24, 2.45) is 0 Å². The number of carbonyl (C=O) groups excluding carboxylic acids is 1. The van der Waals surface area contributed by atoms with Gasteiger partial charge in [-0.15, -0.1) is 0 Å². The SMILES string of the molecule is O=C(NC[C@@H]1COCCN1)OCc1ccccc1. The maximum Gasteiger partial charge on any atom is 0.407 e. The van der Waals surface area contributed by atoms with E-state index < -0.39 is 6.09 Å². The Bertz CT molecular complexity index is 364. The molecule has 5 heteroatoms. The first-order chi connectivity index (χ1) is 8.84. The van der Waals surface area contributed by atoms with E-state index in [1.165, 1.54) is 0 Å². The molecule has 2 rings (SSSR count). The molecule has 1 atom stereocenters. The number of hydrogen-bond acceptors (Lipinski definition) is 4. The van der Waals surface area contributed by atoms with Gasteiger partial charge in [0.2, 0.25) is 0 Å². The van der Waals surface area contributed by atoms with Crippen LogP contribution in [0.1, 0.15) is 5.56 Å². The first-order valence-corrected chi connectivity index (χ1v) is 6.10. The van der Waals surface area contributed by atoms with Gasteiger partial charge in [0.25, 0.3) is 0 Å². The van der Waals surface area contributed by atoms with Gasteiger partial charge < -0.3 is 20.1 Å². The minimum Gasteiger partial charge on any atom is -0.445 e. The summed E-state index contributed by atoms with van der Waals surface area (Å²) in [6, 6.07) is 9.77. The first kappa shape index (κ1) is 12.9. The van der Waals surface area contributed by atoms with Crippen LogP contribution in [0.2, 0.25) is 0 Å². The quantitative estimate of drug-likeness (QED) is 0.833. The minimum absolute atomic E-state index is 0.169. The topological polar surface area (TPSA) is 59.6 Å². The fraction of sp³-hybridized carbons (Fsp3) is 0.462. The zero-order valence-electron chi connectivity index (χ0n) is 10.2. The minimum atomic E-state index is -0.397. The van der Waals surface area contributed by atoms with Gasteiger partial charge in [-0.2, -0.15) is 0 Å². The van der Waals surface area contributed by atoms with Crippen LogP contribution in [0.15, 0.2) is 30.3 Å². The van der Waals surface area contributed by atoms with Crippen LogP contribution in [-0.4, -0.2) is 38.4 Å². The van der Waals surface area contributed by atoms with Crippen LogP contribution in [0.5, 0.6) is 0 Å². The predicted molar refractivity (Wildman–Crippen MR) is 67.2 cm³/mol. The molecule has 0 spiro atoms. The summed E-state index contributed by atoms with van der Waals surface area (Å²) >= 11 is 0. The van der Waals surface area contributed by atoms with E-state index >= 15 is 0 Å². The monoisotopic (exact) mass is 250 g/mol. The van der Waals surface area contributed by atoms with Crippen molar-refractivity contribution >= 4 is 6.09 Å². The highest BCUT2D eigenvalue weighted by atomic mass is 16.5. The van der Waals surface area contributed by atoms with Gasteiger partial charge in [-0.1, -0.05) is 30.3 Å². The average molecular weight is 250 g/mol. The van der Waals surface area contributed by atoms with E-state index in [-0.39, 0.29) is 6.04 Å². The Morgan fingerprint density at radius 1 is 1.44 bits per heavy atom. The molecule has 1 aliphatic heterocycles. The van der Waals surface area contributed by atoms with E-state index in [2.05, 4.69) is 10.6 Å². The zero-order valence-corrected chi connectivity index (χ0v) is 10.2. The van der Waals surface area contributed by atoms with Gasteiger partial charge in [-0.25, -0.2) is 4.79 Å². The van der Waals surface area contributed by atoms with E-state index in [0.717, 1.165) is 18.7 Å². The van der Waals surface area contributed by atoms with Crippen LogP contribution in [0.25, 0.3) is 0 Å². The van der Waals surface area contributed by atoms with Gasteiger partial charge in [-0.05, 0) is 5.56 Å². The summed E-state index contributed by atoms with van der Waals surface area (Å²) in [5.74, 6) is 0. The highest BCUT2D eigenvalue weighted by Crippen LogP contribution is 2.00. The molecule has 1 fully saturated rings.